The van der Waals surface area contributed by atoms with Crippen molar-refractivity contribution in [2.45, 2.75) is 6.18 Å². The quantitative estimate of drug-likeness (QED) is 0.821. The summed E-state index contributed by atoms with van der Waals surface area (Å²) in [4.78, 5) is 15.9. The number of rotatable bonds is 5. The average molecular weight is 278 g/mol. The molecule has 1 aromatic heterocycles. The lowest BCUT2D eigenvalue weighted by Gasteiger charge is -2.24. The van der Waals surface area contributed by atoms with E-state index in [4.69, 9.17) is 5.11 Å². The predicted molar refractivity (Wildman–Crippen MR) is 60.9 cm³/mol. The molecule has 0 aromatic carbocycles. The molecule has 8 heteroatoms. The molecule has 5 nitrogen and oxygen atoms in total. The summed E-state index contributed by atoms with van der Waals surface area (Å²) in [5.41, 5.74) is 0.0950. The number of nitrogens with zero attached hydrogens (tertiary/aromatic N) is 2. The van der Waals surface area contributed by atoms with E-state index in [0.717, 1.165) is 4.90 Å². The molecule has 0 saturated heterocycles. The van der Waals surface area contributed by atoms with E-state index in [9.17, 15) is 18.0 Å². The van der Waals surface area contributed by atoms with E-state index in [0.29, 0.717) is 0 Å². The summed E-state index contributed by atoms with van der Waals surface area (Å²) in [7, 11) is 1.17. The van der Waals surface area contributed by atoms with Gasteiger partial charge in [0.25, 0.3) is 0 Å². The molecule has 0 unspecified atom stereocenters. The highest BCUT2D eigenvalue weighted by molar-refractivity contribution is 5.90. The molecule has 19 heavy (non-hydrogen) atoms. The second-order valence-corrected chi connectivity index (χ2v) is 3.65. The molecule has 0 spiro atoms. The van der Waals surface area contributed by atoms with Crippen LogP contribution in [0, 0.1) is 0 Å². The van der Waals surface area contributed by atoms with Gasteiger partial charge in [0.1, 0.15) is 12.4 Å². The number of methoxy groups -OCH3 is 1. The van der Waals surface area contributed by atoms with E-state index >= 15 is 0 Å². The molecule has 106 valence electrons. The monoisotopic (exact) mass is 278 g/mol. The number of aliphatic hydroxyl groups excluding tert-OH is 1. The van der Waals surface area contributed by atoms with Crippen LogP contribution in [0.25, 0.3) is 0 Å². The number of pyridine rings is 1. The maximum Gasteiger partial charge on any atom is 0.405 e. The van der Waals surface area contributed by atoms with Gasteiger partial charge in [0.15, 0.2) is 0 Å². The summed E-state index contributed by atoms with van der Waals surface area (Å²) in [6.07, 6.45) is -3.22. The number of carbonyl (C=O) groups excluding carboxylic acids is 1. The van der Waals surface area contributed by atoms with Gasteiger partial charge in [-0.25, -0.2) is 9.78 Å². The topological polar surface area (TPSA) is 62.7 Å². The Morgan fingerprint density at radius 3 is 2.74 bits per heavy atom. The van der Waals surface area contributed by atoms with Gasteiger partial charge in [0.2, 0.25) is 0 Å². The van der Waals surface area contributed by atoms with Crippen LogP contribution in [0.15, 0.2) is 18.3 Å². The largest absolute Gasteiger partial charge is 0.465 e. The second-order valence-electron chi connectivity index (χ2n) is 3.65. The van der Waals surface area contributed by atoms with E-state index in [-0.39, 0.29) is 17.9 Å². The van der Waals surface area contributed by atoms with Gasteiger partial charge < -0.3 is 14.7 Å². The van der Waals surface area contributed by atoms with Crippen molar-refractivity contribution >= 4 is 11.8 Å². The Morgan fingerprint density at radius 1 is 1.53 bits per heavy atom. The van der Waals surface area contributed by atoms with Crippen molar-refractivity contribution in [2.24, 2.45) is 0 Å². The van der Waals surface area contributed by atoms with Gasteiger partial charge in [-0.3, -0.25) is 0 Å². The summed E-state index contributed by atoms with van der Waals surface area (Å²) in [5.74, 6) is -0.714. The first-order valence-corrected chi connectivity index (χ1v) is 5.34. The number of ether oxygens (including phenoxy) is 1. The van der Waals surface area contributed by atoms with Crippen LogP contribution in [0.1, 0.15) is 10.4 Å². The van der Waals surface area contributed by atoms with Crippen LogP contribution in [0.3, 0.4) is 0 Å². The molecule has 0 radical (unpaired) electrons. The highest BCUT2D eigenvalue weighted by Crippen LogP contribution is 2.21. The third-order valence-corrected chi connectivity index (χ3v) is 2.23. The smallest absolute Gasteiger partial charge is 0.405 e. The molecule has 1 N–H and O–H groups in total. The Hall–Kier alpha value is -1.83. The Bertz CT molecular complexity index is 437. The fourth-order valence-electron chi connectivity index (χ4n) is 1.45. The molecular formula is C11H13F3N2O3. The van der Waals surface area contributed by atoms with Gasteiger partial charge in [-0.15, -0.1) is 0 Å². The summed E-state index contributed by atoms with van der Waals surface area (Å²) < 4.78 is 41.7. The maximum absolute atomic E-state index is 12.4. The van der Waals surface area contributed by atoms with E-state index in [1.54, 1.807) is 0 Å². The molecule has 0 amide bonds. The van der Waals surface area contributed by atoms with Crippen molar-refractivity contribution in [1.82, 2.24) is 4.98 Å². The van der Waals surface area contributed by atoms with Gasteiger partial charge in [0.05, 0.1) is 19.3 Å². The molecule has 1 aromatic rings. The Morgan fingerprint density at radius 2 is 2.21 bits per heavy atom. The predicted octanol–water partition coefficient (Wildman–Crippen LogP) is 1.23. The van der Waals surface area contributed by atoms with Gasteiger partial charge in [-0.1, -0.05) is 0 Å². The van der Waals surface area contributed by atoms with Crippen molar-refractivity contribution in [2.75, 3.05) is 31.7 Å². The summed E-state index contributed by atoms with van der Waals surface area (Å²) in [5, 5.41) is 8.79. The number of aromatic nitrogens is 1. The van der Waals surface area contributed by atoms with Gasteiger partial charge in [-0.2, -0.15) is 13.2 Å². The lowest BCUT2D eigenvalue weighted by Crippen LogP contribution is -2.36. The Labute approximate surface area is 107 Å². The molecule has 0 saturated carbocycles. The van der Waals surface area contributed by atoms with Crippen molar-refractivity contribution < 1.29 is 27.8 Å². The van der Waals surface area contributed by atoms with E-state index in [1.807, 2.05) is 0 Å². The van der Waals surface area contributed by atoms with Crippen LogP contribution < -0.4 is 4.90 Å². The second kappa shape index (κ2) is 6.37. The first-order valence-electron chi connectivity index (χ1n) is 5.34. The first-order chi connectivity index (χ1) is 8.87. The average Bonchev–Trinajstić information content (AvgIpc) is 2.36. The van der Waals surface area contributed by atoms with Crippen LogP contribution in [-0.2, 0) is 4.74 Å². The molecule has 1 rings (SSSR count). The maximum atomic E-state index is 12.4. The summed E-state index contributed by atoms with van der Waals surface area (Å²) in [6.45, 7) is -1.96. The third kappa shape index (κ3) is 4.74. The van der Waals surface area contributed by atoms with Gasteiger partial charge in [-0.05, 0) is 12.1 Å². The van der Waals surface area contributed by atoms with Crippen molar-refractivity contribution in [3.05, 3.63) is 23.9 Å². The minimum absolute atomic E-state index is 0.0470. The van der Waals surface area contributed by atoms with E-state index in [2.05, 4.69) is 9.72 Å². The van der Waals surface area contributed by atoms with Gasteiger partial charge in [0, 0.05) is 12.7 Å². The summed E-state index contributed by atoms with van der Waals surface area (Å²) >= 11 is 0. The molecule has 0 atom stereocenters. The highest BCUT2D eigenvalue weighted by atomic mass is 19.4. The number of esters is 1. The minimum Gasteiger partial charge on any atom is -0.465 e. The van der Waals surface area contributed by atoms with E-state index in [1.165, 1.54) is 25.4 Å². The van der Waals surface area contributed by atoms with Crippen LogP contribution in [0.5, 0.6) is 0 Å². The van der Waals surface area contributed by atoms with Crippen LogP contribution >= 0.6 is 0 Å². The van der Waals surface area contributed by atoms with Crippen LogP contribution in [0.2, 0.25) is 0 Å². The summed E-state index contributed by atoms with van der Waals surface area (Å²) in [6, 6.07) is 2.52. The first kappa shape index (κ1) is 15.2. The number of hydrogen-bond donors (Lipinski definition) is 1. The fourth-order valence-corrected chi connectivity index (χ4v) is 1.45. The Kier molecular flexibility index (Phi) is 5.11. The zero-order valence-corrected chi connectivity index (χ0v) is 10.1. The van der Waals surface area contributed by atoms with Crippen molar-refractivity contribution in [3.63, 3.8) is 0 Å². The molecule has 0 fully saturated rings. The van der Waals surface area contributed by atoms with Crippen molar-refractivity contribution in [3.8, 4) is 0 Å². The van der Waals surface area contributed by atoms with Crippen LogP contribution in [0.4, 0.5) is 19.0 Å². The van der Waals surface area contributed by atoms with Crippen molar-refractivity contribution in [1.29, 1.82) is 0 Å². The number of carbonyl (C=O) groups is 1. The zero-order chi connectivity index (χ0) is 14.5. The zero-order valence-electron chi connectivity index (χ0n) is 10.1. The Balaban J connectivity index is 2.99. The molecule has 0 aliphatic carbocycles. The lowest BCUT2D eigenvalue weighted by molar-refractivity contribution is -0.120. The SMILES string of the molecule is COC(=O)c1ccnc(N(CCO)CC(F)(F)F)c1. The fraction of sp³-hybridized carbons (Fsp3) is 0.455. The van der Waals surface area contributed by atoms with Gasteiger partial charge >= 0.3 is 12.1 Å². The molecular weight excluding hydrogens is 265 g/mol. The molecule has 0 aliphatic heterocycles. The standard InChI is InChI=1S/C11H13F3N2O3/c1-19-10(18)8-2-3-15-9(6-8)16(4-5-17)7-11(12,13)14/h2-3,6,17H,4-5,7H2,1H3. The molecule has 1 heterocycles. The normalized spacial score (nSPS) is 11.2. The van der Waals surface area contributed by atoms with E-state index < -0.39 is 25.3 Å². The highest BCUT2D eigenvalue weighted by Gasteiger charge is 2.31. The number of aliphatic hydroxyl groups is 1. The lowest BCUT2D eigenvalue weighted by atomic mass is 10.2. The molecule has 0 aliphatic rings. The number of halogens is 3. The van der Waals surface area contributed by atoms with Crippen LogP contribution in [-0.4, -0.2) is 49.0 Å². The number of anilines is 1. The third-order valence-electron chi connectivity index (χ3n) is 2.23. The number of alkyl halides is 3. The molecule has 0 bridgehead atoms. The number of hydrogen-bond acceptors (Lipinski definition) is 5. The minimum atomic E-state index is -4.43.